The van der Waals surface area contributed by atoms with E-state index in [4.69, 9.17) is 9.47 Å². The van der Waals surface area contributed by atoms with Gasteiger partial charge in [0.1, 0.15) is 6.61 Å². The molecule has 0 spiro atoms. The molecule has 0 amide bonds. The second kappa shape index (κ2) is 12.1. The number of carbonyl (C=O) groups is 2. The Morgan fingerprint density at radius 3 is 2.33 bits per heavy atom. The molecule has 0 aliphatic heterocycles. The molecule has 0 aromatic heterocycles. The van der Waals surface area contributed by atoms with Gasteiger partial charge in [-0.05, 0) is 50.5 Å². The van der Waals surface area contributed by atoms with Gasteiger partial charge in [0.25, 0.3) is 0 Å². The highest BCUT2D eigenvalue weighted by molar-refractivity contribution is 5.77. The monoisotopic (exact) mass is 338 g/mol. The molecule has 1 aliphatic rings. The minimum absolute atomic E-state index is 0.108. The molecule has 4 nitrogen and oxygen atoms in total. The molecule has 1 aliphatic carbocycles. The van der Waals surface area contributed by atoms with Crippen molar-refractivity contribution in [2.24, 2.45) is 5.92 Å². The molecule has 1 unspecified atom stereocenters. The van der Waals surface area contributed by atoms with Crippen LogP contribution in [0, 0.1) is 5.92 Å². The van der Waals surface area contributed by atoms with Gasteiger partial charge in [-0.1, -0.05) is 38.7 Å². The van der Waals surface area contributed by atoms with Crippen LogP contribution >= 0.6 is 0 Å². The summed E-state index contributed by atoms with van der Waals surface area (Å²) in [7, 11) is 0. The fourth-order valence-electron chi connectivity index (χ4n) is 2.94. The van der Waals surface area contributed by atoms with E-state index in [-0.39, 0.29) is 24.8 Å². The van der Waals surface area contributed by atoms with Crippen LogP contribution in [-0.4, -0.2) is 25.2 Å². The number of hydrogen-bond donors (Lipinski definition) is 0. The normalized spacial score (nSPS) is 16.0. The first-order valence-electron chi connectivity index (χ1n) is 9.55. The highest BCUT2D eigenvalue weighted by Crippen LogP contribution is 2.24. The van der Waals surface area contributed by atoms with Crippen LogP contribution in [0.2, 0.25) is 0 Å². The Hall–Kier alpha value is -1.32. The lowest BCUT2D eigenvalue weighted by atomic mass is 9.93. The summed E-state index contributed by atoms with van der Waals surface area (Å²) in [5.74, 6) is -0.173. The Morgan fingerprint density at radius 2 is 1.71 bits per heavy atom. The summed E-state index contributed by atoms with van der Waals surface area (Å²) in [6.45, 7) is 7.25. The Labute approximate surface area is 147 Å². The van der Waals surface area contributed by atoms with Gasteiger partial charge in [0.05, 0.1) is 19.4 Å². The zero-order chi connectivity index (χ0) is 17.8. The maximum Gasteiger partial charge on any atom is 0.306 e. The maximum absolute atomic E-state index is 11.8. The van der Waals surface area contributed by atoms with E-state index in [9.17, 15) is 9.59 Å². The van der Waals surface area contributed by atoms with Gasteiger partial charge < -0.3 is 9.47 Å². The summed E-state index contributed by atoms with van der Waals surface area (Å²) in [5, 5.41) is 0. The minimum Gasteiger partial charge on any atom is -0.465 e. The third kappa shape index (κ3) is 8.51. The zero-order valence-corrected chi connectivity index (χ0v) is 15.7. The molecule has 0 radical (unpaired) electrons. The molecule has 1 atom stereocenters. The van der Waals surface area contributed by atoms with Crippen LogP contribution < -0.4 is 0 Å². The first-order valence-corrected chi connectivity index (χ1v) is 9.55. The quantitative estimate of drug-likeness (QED) is 0.395. The van der Waals surface area contributed by atoms with Crippen LogP contribution in [0.15, 0.2) is 11.1 Å². The van der Waals surface area contributed by atoms with E-state index in [2.05, 4.69) is 20.8 Å². The molecule has 4 heteroatoms. The first-order chi connectivity index (χ1) is 11.6. The van der Waals surface area contributed by atoms with Crippen molar-refractivity contribution >= 4 is 11.9 Å². The highest BCUT2D eigenvalue weighted by atomic mass is 16.5. The van der Waals surface area contributed by atoms with Gasteiger partial charge in [-0.3, -0.25) is 9.59 Å². The SMILES string of the molecule is CCCCC(CC)COC(=O)CCC(=O)OCC1=C(C)CCCC1. The van der Waals surface area contributed by atoms with E-state index in [1.807, 2.05) is 0 Å². The van der Waals surface area contributed by atoms with Crippen molar-refractivity contribution in [3.63, 3.8) is 0 Å². The predicted octanol–water partition coefficient (Wildman–Crippen LogP) is 4.96. The molecule has 0 heterocycles. The highest BCUT2D eigenvalue weighted by Gasteiger charge is 2.14. The molecule has 1 rings (SSSR count). The molecular formula is C20H34O4. The average molecular weight is 338 g/mol. The van der Waals surface area contributed by atoms with Crippen molar-refractivity contribution in [3.8, 4) is 0 Å². The number of carbonyl (C=O) groups excluding carboxylic acids is 2. The molecule has 0 aromatic carbocycles. The second-order valence-corrected chi connectivity index (χ2v) is 6.85. The van der Waals surface area contributed by atoms with E-state index < -0.39 is 0 Å². The topological polar surface area (TPSA) is 52.6 Å². The lowest BCUT2D eigenvalue weighted by molar-refractivity contribution is -0.150. The maximum atomic E-state index is 11.8. The Kier molecular flexibility index (Phi) is 10.4. The lowest BCUT2D eigenvalue weighted by Crippen LogP contribution is -2.16. The van der Waals surface area contributed by atoms with Gasteiger partial charge in [-0.25, -0.2) is 0 Å². The minimum atomic E-state index is -0.309. The fraction of sp³-hybridized carbons (Fsp3) is 0.800. The van der Waals surface area contributed by atoms with E-state index in [0.29, 0.717) is 19.1 Å². The summed E-state index contributed by atoms with van der Waals surface area (Å²) < 4.78 is 10.6. The fourth-order valence-corrected chi connectivity index (χ4v) is 2.94. The van der Waals surface area contributed by atoms with Crippen molar-refractivity contribution in [1.29, 1.82) is 0 Å². The Morgan fingerprint density at radius 1 is 1.04 bits per heavy atom. The summed E-state index contributed by atoms with van der Waals surface area (Å²) >= 11 is 0. The molecule has 0 fully saturated rings. The molecule has 24 heavy (non-hydrogen) atoms. The second-order valence-electron chi connectivity index (χ2n) is 6.85. The number of allylic oxidation sites excluding steroid dienone is 1. The summed E-state index contributed by atoms with van der Waals surface area (Å²) in [6.07, 6.45) is 9.19. The van der Waals surface area contributed by atoms with E-state index in [1.165, 1.54) is 24.0 Å². The van der Waals surface area contributed by atoms with Gasteiger partial charge in [0, 0.05) is 0 Å². The number of hydrogen-bond acceptors (Lipinski definition) is 4. The molecule has 138 valence electrons. The molecule has 0 aromatic rings. The van der Waals surface area contributed by atoms with Crippen molar-refractivity contribution in [2.75, 3.05) is 13.2 Å². The van der Waals surface area contributed by atoms with Gasteiger partial charge in [0.2, 0.25) is 0 Å². The van der Waals surface area contributed by atoms with Crippen LogP contribution in [0.25, 0.3) is 0 Å². The smallest absolute Gasteiger partial charge is 0.306 e. The van der Waals surface area contributed by atoms with Crippen LogP contribution in [0.4, 0.5) is 0 Å². The van der Waals surface area contributed by atoms with Crippen LogP contribution in [0.1, 0.15) is 85.0 Å². The number of unbranched alkanes of at least 4 members (excludes halogenated alkanes) is 1. The van der Waals surface area contributed by atoms with Crippen molar-refractivity contribution in [3.05, 3.63) is 11.1 Å². The lowest BCUT2D eigenvalue weighted by Gasteiger charge is -2.17. The average Bonchev–Trinajstić information content (AvgIpc) is 2.59. The molecule has 0 saturated heterocycles. The molecular weight excluding hydrogens is 304 g/mol. The first kappa shape index (κ1) is 20.7. The third-order valence-corrected chi connectivity index (χ3v) is 4.85. The van der Waals surface area contributed by atoms with Crippen molar-refractivity contribution in [1.82, 2.24) is 0 Å². The Balaban J connectivity index is 2.18. The zero-order valence-electron chi connectivity index (χ0n) is 15.7. The van der Waals surface area contributed by atoms with Gasteiger partial charge in [0.15, 0.2) is 0 Å². The van der Waals surface area contributed by atoms with Crippen molar-refractivity contribution < 1.29 is 19.1 Å². The number of ether oxygens (including phenoxy) is 2. The summed E-state index contributed by atoms with van der Waals surface area (Å²) in [6, 6.07) is 0. The van der Waals surface area contributed by atoms with E-state index in [1.54, 1.807) is 0 Å². The summed E-state index contributed by atoms with van der Waals surface area (Å²) in [5.41, 5.74) is 2.60. The van der Waals surface area contributed by atoms with E-state index in [0.717, 1.165) is 38.5 Å². The summed E-state index contributed by atoms with van der Waals surface area (Å²) in [4.78, 5) is 23.5. The molecule has 0 N–H and O–H groups in total. The van der Waals surface area contributed by atoms with Crippen LogP contribution in [0.5, 0.6) is 0 Å². The van der Waals surface area contributed by atoms with Gasteiger partial charge >= 0.3 is 11.9 Å². The van der Waals surface area contributed by atoms with Crippen LogP contribution in [0.3, 0.4) is 0 Å². The third-order valence-electron chi connectivity index (χ3n) is 4.85. The van der Waals surface area contributed by atoms with Crippen molar-refractivity contribution in [2.45, 2.75) is 85.0 Å². The number of rotatable bonds is 11. The number of esters is 2. The molecule has 0 bridgehead atoms. The molecule has 0 saturated carbocycles. The Bertz CT molecular complexity index is 425. The van der Waals surface area contributed by atoms with E-state index >= 15 is 0 Å². The predicted molar refractivity (Wildman–Crippen MR) is 95.6 cm³/mol. The van der Waals surface area contributed by atoms with Gasteiger partial charge in [-0.15, -0.1) is 0 Å². The standard InChI is InChI=1S/C20H34O4/c1-4-6-10-17(5-2)14-23-19(21)12-13-20(22)24-15-18-11-8-7-9-16(18)3/h17H,4-15H2,1-3H3. The largest absolute Gasteiger partial charge is 0.465 e. The van der Waals surface area contributed by atoms with Crippen LogP contribution in [-0.2, 0) is 19.1 Å². The van der Waals surface area contributed by atoms with Gasteiger partial charge in [-0.2, -0.15) is 0 Å².